The van der Waals surface area contributed by atoms with Crippen LogP contribution in [0.4, 0.5) is 0 Å². The molecule has 30 heavy (non-hydrogen) atoms. The minimum Gasteiger partial charge on any atom is -0.493 e. The number of aromatic amines is 1. The van der Waals surface area contributed by atoms with Gasteiger partial charge in [0.1, 0.15) is 22.7 Å². The van der Waals surface area contributed by atoms with Gasteiger partial charge in [0.15, 0.2) is 5.65 Å². The Morgan fingerprint density at radius 3 is 2.83 bits per heavy atom. The van der Waals surface area contributed by atoms with E-state index in [-0.39, 0.29) is 23.6 Å². The van der Waals surface area contributed by atoms with Gasteiger partial charge in [-0.2, -0.15) is 0 Å². The molecule has 0 saturated heterocycles. The molecule has 4 aromatic rings. The van der Waals surface area contributed by atoms with Gasteiger partial charge in [0, 0.05) is 32.6 Å². The van der Waals surface area contributed by atoms with E-state index < -0.39 is 11.2 Å². The first-order valence-electron chi connectivity index (χ1n) is 9.47. The first kappa shape index (κ1) is 19.5. The van der Waals surface area contributed by atoms with E-state index in [1.54, 1.807) is 31.5 Å². The second-order valence-corrected chi connectivity index (χ2v) is 6.83. The van der Waals surface area contributed by atoms with Gasteiger partial charge in [-0.25, -0.2) is 9.78 Å². The number of aromatic nitrogens is 4. The fourth-order valence-electron chi connectivity index (χ4n) is 3.33. The number of aryl methyl sites for hydroxylation is 1. The van der Waals surface area contributed by atoms with Crippen molar-refractivity contribution in [1.29, 1.82) is 0 Å². The molecule has 0 atom stereocenters. The van der Waals surface area contributed by atoms with Crippen LogP contribution < -0.4 is 21.3 Å². The van der Waals surface area contributed by atoms with Crippen LogP contribution in [0.25, 0.3) is 22.1 Å². The van der Waals surface area contributed by atoms with Crippen molar-refractivity contribution in [2.75, 3.05) is 13.2 Å². The zero-order valence-corrected chi connectivity index (χ0v) is 16.8. The Labute approximate surface area is 170 Å². The quantitative estimate of drug-likeness (QED) is 0.489. The van der Waals surface area contributed by atoms with Gasteiger partial charge in [-0.05, 0) is 25.1 Å². The van der Waals surface area contributed by atoms with Crippen LogP contribution >= 0.6 is 0 Å². The zero-order valence-electron chi connectivity index (χ0n) is 16.8. The highest BCUT2D eigenvalue weighted by atomic mass is 16.5. The Morgan fingerprint density at radius 1 is 1.27 bits per heavy atom. The maximum atomic E-state index is 12.6. The highest BCUT2D eigenvalue weighted by Crippen LogP contribution is 2.28. The van der Waals surface area contributed by atoms with Crippen LogP contribution in [-0.4, -0.2) is 38.2 Å². The molecule has 1 amide bonds. The van der Waals surface area contributed by atoms with Crippen LogP contribution in [0, 0.1) is 0 Å². The number of fused-ring (bicyclic) bond motifs is 2. The predicted molar refractivity (Wildman–Crippen MR) is 110 cm³/mol. The van der Waals surface area contributed by atoms with Crippen LogP contribution in [0.2, 0.25) is 0 Å². The van der Waals surface area contributed by atoms with Gasteiger partial charge in [0.25, 0.3) is 11.5 Å². The van der Waals surface area contributed by atoms with Crippen molar-refractivity contribution < 1.29 is 13.9 Å². The third-order valence-electron chi connectivity index (χ3n) is 4.89. The third kappa shape index (κ3) is 3.25. The molecule has 0 spiro atoms. The number of furan rings is 1. The van der Waals surface area contributed by atoms with Gasteiger partial charge in [-0.3, -0.25) is 18.7 Å². The Bertz CT molecular complexity index is 1370. The molecule has 0 aliphatic carbocycles. The summed E-state index contributed by atoms with van der Waals surface area (Å²) in [5.41, 5.74) is 0.643. The number of carbonyl (C=O) groups is 1. The van der Waals surface area contributed by atoms with Crippen LogP contribution in [0.1, 0.15) is 23.1 Å². The second kappa shape index (κ2) is 7.54. The number of carbonyl (C=O) groups excluding carboxylic acids is 1. The van der Waals surface area contributed by atoms with Crippen molar-refractivity contribution in [3.05, 3.63) is 56.7 Å². The Kier molecular flexibility index (Phi) is 4.90. The zero-order chi connectivity index (χ0) is 21.4. The van der Waals surface area contributed by atoms with E-state index in [0.717, 1.165) is 9.95 Å². The van der Waals surface area contributed by atoms with Crippen molar-refractivity contribution in [3.63, 3.8) is 0 Å². The number of benzene rings is 1. The highest BCUT2D eigenvalue weighted by molar-refractivity contribution is 5.99. The molecule has 0 saturated carbocycles. The van der Waals surface area contributed by atoms with Crippen molar-refractivity contribution in [3.8, 4) is 5.75 Å². The van der Waals surface area contributed by atoms with E-state index in [1.165, 1.54) is 11.6 Å². The summed E-state index contributed by atoms with van der Waals surface area (Å²) in [4.78, 5) is 44.1. The molecule has 2 N–H and O–H groups in total. The third-order valence-corrected chi connectivity index (χ3v) is 4.89. The molecule has 3 aromatic heterocycles. The number of imidazole rings is 1. The van der Waals surface area contributed by atoms with Gasteiger partial charge in [-0.15, -0.1) is 0 Å². The Hall–Kier alpha value is -3.82. The molecule has 0 bridgehead atoms. The number of nitrogens with zero attached hydrogens (tertiary/aromatic N) is 3. The second-order valence-electron chi connectivity index (χ2n) is 6.83. The summed E-state index contributed by atoms with van der Waals surface area (Å²) in [6.07, 6.45) is 1.91. The fraction of sp³-hybridized carbons (Fsp3) is 0.300. The average molecular weight is 411 g/mol. The van der Waals surface area contributed by atoms with Crippen LogP contribution in [0.15, 0.2) is 38.5 Å². The van der Waals surface area contributed by atoms with E-state index in [9.17, 15) is 14.4 Å². The molecule has 0 fully saturated rings. The fourth-order valence-corrected chi connectivity index (χ4v) is 3.33. The molecular formula is C20H21N5O5. The molecule has 0 unspecified atom stereocenters. The average Bonchev–Trinajstić information content (AvgIpc) is 3.38. The molecular weight excluding hydrogens is 390 g/mol. The maximum absolute atomic E-state index is 12.6. The smallest absolute Gasteiger partial charge is 0.332 e. The molecule has 3 heterocycles. The summed E-state index contributed by atoms with van der Waals surface area (Å²) in [7, 11) is 2.97. The Balaban J connectivity index is 1.51. The summed E-state index contributed by atoms with van der Waals surface area (Å²) in [5, 5.41) is 3.63. The molecule has 0 radical (unpaired) electrons. The largest absolute Gasteiger partial charge is 0.493 e. The van der Waals surface area contributed by atoms with E-state index in [1.807, 2.05) is 6.92 Å². The van der Waals surface area contributed by atoms with Crippen molar-refractivity contribution >= 4 is 28.0 Å². The number of hydrogen-bond donors (Lipinski definition) is 2. The molecule has 4 rings (SSSR count). The summed E-state index contributed by atoms with van der Waals surface area (Å²) in [5.74, 6) is 0.803. The normalized spacial score (nSPS) is 11.3. The first-order chi connectivity index (χ1) is 14.4. The molecule has 156 valence electrons. The standard InChI is InChI=1S/C20H21N5O5/c1-4-29-13-9-11(10-14-12(13)6-8-30-14)18(26)21-7-5-15-22-16-17(23-15)24(2)20(28)25(3)19(16)27/h6,8-10H,4-5,7H2,1-3H3,(H,21,26)(H,22,23). The predicted octanol–water partition coefficient (Wildman–Crippen LogP) is 1.08. The highest BCUT2D eigenvalue weighted by Gasteiger charge is 2.15. The number of H-pyrrole nitrogens is 1. The maximum Gasteiger partial charge on any atom is 0.332 e. The van der Waals surface area contributed by atoms with Crippen molar-refractivity contribution in [2.24, 2.45) is 14.1 Å². The van der Waals surface area contributed by atoms with Crippen LogP contribution in [-0.2, 0) is 20.5 Å². The van der Waals surface area contributed by atoms with Gasteiger partial charge in [0.05, 0.1) is 18.3 Å². The van der Waals surface area contributed by atoms with Crippen LogP contribution in [0.3, 0.4) is 0 Å². The number of ether oxygens (including phenoxy) is 1. The number of rotatable bonds is 6. The van der Waals surface area contributed by atoms with Crippen molar-refractivity contribution in [1.82, 2.24) is 24.4 Å². The molecule has 0 aliphatic rings. The monoisotopic (exact) mass is 411 g/mol. The molecule has 10 nitrogen and oxygen atoms in total. The lowest BCUT2D eigenvalue weighted by Crippen LogP contribution is -2.36. The topological polar surface area (TPSA) is 124 Å². The van der Waals surface area contributed by atoms with Gasteiger partial charge in [-0.1, -0.05) is 0 Å². The first-order valence-corrected chi connectivity index (χ1v) is 9.47. The molecule has 1 aromatic carbocycles. The number of hydrogen-bond acceptors (Lipinski definition) is 6. The van der Waals surface area contributed by atoms with Gasteiger partial charge >= 0.3 is 5.69 Å². The van der Waals surface area contributed by atoms with E-state index in [2.05, 4.69) is 15.3 Å². The number of amides is 1. The Morgan fingerprint density at radius 2 is 2.07 bits per heavy atom. The summed E-state index contributed by atoms with van der Waals surface area (Å²) < 4.78 is 13.3. The number of nitrogens with one attached hydrogen (secondary N) is 2. The lowest BCUT2D eigenvalue weighted by Gasteiger charge is -2.08. The lowest BCUT2D eigenvalue weighted by atomic mass is 10.1. The SMILES string of the molecule is CCOc1cc(C(=O)NCCc2nc3c([nH]2)c(=O)n(C)c(=O)n3C)cc2occc12. The minimum atomic E-state index is -0.447. The summed E-state index contributed by atoms with van der Waals surface area (Å²) >= 11 is 0. The summed E-state index contributed by atoms with van der Waals surface area (Å²) in [6, 6.07) is 5.13. The van der Waals surface area contributed by atoms with Crippen molar-refractivity contribution in [2.45, 2.75) is 13.3 Å². The van der Waals surface area contributed by atoms with E-state index >= 15 is 0 Å². The molecule has 0 aliphatic heterocycles. The van der Waals surface area contributed by atoms with Crippen LogP contribution in [0.5, 0.6) is 5.75 Å². The van der Waals surface area contributed by atoms with E-state index in [0.29, 0.717) is 35.7 Å². The lowest BCUT2D eigenvalue weighted by molar-refractivity contribution is 0.0953. The van der Waals surface area contributed by atoms with Gasteiger partial charge in [0.2, 0.25) is 0 Å². The summed E-state index contributed by atoms with van der Waals surface area (Å²) in [6.45, 7) is 2.63. The van der Waals surface area contributed by atoms with E-state index in [4.69, 9.17) is 9.15 Å². The molecule has 10 heteroatoms. The van der Waals surface area contributed by atoms with Gasteiger partial charge < -0.3 is 19.5 Å². The minimum absolute atomic E-state index is 0.255.